The van der Waals surface area contributed by atoms with Gasteiger partial charge in [0, 0.05) is 30.2 Å². The van der Waals surface area contributed by atoms with Crippen LogP contribution in [0.25, 0.3) is 22.4 Å². The molecule has 40 heavy (non-hydrogen) atoms. The van der Waals surface area contributed by atoms with Crippen LogP contribution in [0.3, 0.4) is 0 Å². The third kappa shape index (κ3) is 5.89. The summed E-state index contributed by atoms with van der Waals surface area (Å²) in [6.45, 7) is 2.31. The molecule has 0 amide bonds. The summed E-state index contributed by atoms with van der Waals surface area (Å²) in [5.41, 5.74) is 0.671. The first-order valence-electron chi connectivity index (χ1n) is 12.0. The van der Waals surface area contributed by atoms with Gasteiger partial charge in [0.2, 0.25) is 17.1 Å². The van der Waals surface area contributed by atoms with Gasteiger partial charge in [-0.3, -0.25) is 0 Å². The Morgan fingerprint density at radius 1 is 0.975 bits per heavy atom. The van der Waals surface area contributed by atoms with Crippen LogP contribution in [0.4, 0.5) is 17.6 Å². The minimum absolute atomic E-state index is 0.0212. The van der Waals surface area contributed by atoms with Crippen molar-refractivity contribution in [2.24, 2.45) is 0 Å². The first-order chi connectivity index (χ1) is 19.5. The molecule has 0 aliphatic carbocycles. The maximum absolute atomic E-state index is 12.5. The van der Waals surface area contributed by atoms with Gasteiger partial charge < -0.3 is 29.1 Å². The van der Waals surface area contributed by atoms with Gasteiger partial charge in [0.05, 0.1) is 23.9 Å². The number of fused-ring (bicyclic) bond motifs is 1. The Balaban J connectivity index is 1.26. The SMILES string of the molecule is O=c1oc2ccccc2cc1-c1nnc(Sc2nc(NC(=S)Nc3ccccc3Cl)nc(N3CCOCC3)n2)o1. The minimum Gasteiger partial charge on any atom is -0.422 e. The number of thiocarbonyl (C=S) groups is 1. The number of anilines is 3. The van der Waals surface area contributed by atoms with Crippen LogP contribution in [-0.2, 0) is 4.74 Å². The Morgan fingerprint density at radius 3 is 2.62 bits per heavy atom. The highest BCUT2D eigenvalue weighted by Crippen LogP contribution is 2.29. The van der Waals surface area contributed by atoms with Gasteiger partial charge >= 0.3 is 5.63 Å². The van der Waals surface area contributed by atoms with Gasteiger partial charge in [-0.2, -0.15) is 15.0 Å². The summed E-state index contributed by atoms with van der Waals surface area (Å²) in [6, 6.07) is 16.0. The number of benzene rings is 2. The topological polar surface area (TPSA) is 144 Å². The standard InChI is InChI=1S/C25H19ClN8O4S2/c26-16-6-2-3-7-17(16)27-23(39)29-21-28-22(34-9-11-36-12-10-34)31-24(30-21)40-25-33-32-19(38-25)15-13-14-5-1-4-8-18(14)37-20(15)35/h1-8,13H,9-12H2,(H2,27,28,29,30,31,39). The quantitative estimate of drug-likeness (QED) is 0.210. The molecule has 0 saturated carbocycles. The van der Waals surface area contributed by atoms with Crippen LogP contribution in [0.15, 0.2) is 78.6 Å². The fourth-order valence-corrected chi connectivity index (χ4v) is 4.82. The van der Waals surface area contributed by atoms with E-state index in [9.17, 15) is 4.79 Å². The van der Waals surface area contributed by atoms with Crippen molar-refractivity contribution < 1.29 is 13.6 Å². The summed E-state index contributed by atoms with van der Waals surface area (Å²) in [6.07, 6.45) is 0. The van der Waals surface area contributed by atoms with E-state index in [1.807, 2.05) is 29.2 Å². The van der Waals surface area contributed by atoms with Gasteiger partial charge in [-0.05, 0) is 36.5 Å². The van der Waals surface area contributed by atoms with Crippen molar-refractivity contribution in [3.63, 3.8) is 0 Å². The van der Waals surface area contributed by atoms with Crippen molar-refractivity contribution in [1.82, 2.24) is 25.1 Å². The number of hydrogen-bond acceptors (Lipinski definition) is 12. The van der Waals surface area contributed by atoms with E-state index < -0.39 is 5.63 Å². The molecule has 1 fully saturated rings. The Kier molecular flexibility index (Phi) is 7.55. The molecule has 6 rings (SSSR count). The molecule has 12 nitrogen and oxygen atoms in total. The summed E-state index contributed by atoms with van der Waals surface area (Å²) in [4.78, 5) is 28.1. The second-order valence-electron chi connectivity index (χ2n) is 8.36. The zero-order chi connectivity index (χ0) is 27.5. The Labute approximate surface area is 241 Å². The molecule has 5 aromatic rings. The lowest BCUT2D eigenvalue weighted by molar-refractivity contribution is 0.122. The molecule has 0 unspecified atom stereocenters. The molecule has 15 heteroatoms. The summed E-state index contributed by atoms with van der Waals surface area (Å²) in [7, 11) is 0. The molecule has 0 atom stereocenters. The van der Waals surface area contributed by atoms with E-state index in [0.717, 1.165) is 17.1 Å². The van der Waals surface area contributed by atoms with Crippen molar-refractivity contribution in [3.8, 4) is 11.5 Å². The number of ether oxygens (including phenoxy) is 1. The summed E-state index contributed by atoms with van der Waals surface area (Å²) < 4.78 is 16.6. The molecule has 1 aliphatic rings. The van der Waals surface area contributed by atoms with Crippen molar-refractivity contribution in [1.29, 1.82) is 0 Å². The lowest BCUT2D eigenvalue weighted by Crippen LogP contribution is -2.37. The molecule has 3 aromatic heterocycles. The van der Waals surface area contributed by atoms with Crippen LogP contribution in [0.1, 0.15) is 0 Å². The predicted octanol–water partition coefficient (Wildman–Crippen LogP) is 4.48. The highest BCUT2D eigenvalue weighted by Gasteiger charge is 2.20. The van der Waals surface area contributed by atoms with Crippen LogP contribution >= 0.6 is 35.6 Å². The molecule has 2 aromatic carbocycles. The van der Waals surface area contributed by atoms with E-state index in [1.54, 1.807) is 30.3 Å². The summed E-state index contributed by atoms with van der Waals surface area (Å²) >= 11 is 12.7. The zero-order valence-electron chi connectivity index (χ0n) is 20.5. The van der Waals surface area contributed by atoms with Gasteiger partial charge in [0.15, 0.2) is 5.11 Å². The second kappa shape index (κ2) is 11.6. The van der Waals surface area contributed by atoms with E-state index in [-0.39, 0.29) is 32.9 Å². The molecule has 1 saturated heterocycles. The van der Waals surface area contributed by atoms with Crippen LogP contribution in [0, 0.1) is 0 Å². The molecule has 2 N–H and O–H groups in total. The van der Waals surface area contributed by atoms with Gasteiger partial charge in [-0.1, -0.05) is 41.9 Å². The monoisotopic (exact) mass is 594 g/mol. The third-order valence-electron chi connectivity index (χ3n) is 5.70. The fourth-order valence-electron chi connectivity index (χ4n) is 3.82. The molecular formula is C25H19ClN8O4S2. The smallest absolute Gasteiger partial charge is 0.349 e. The average Bonchev–Trinajstić information content (AvgIpc) is 3.42. The maximum atomic E-state index is 12.5. The first-order valence-corrected chi connectivity index (χ1v) is 13.6. The Bertz CT molecular complexity index is 1760. The van der Waals surface area contributed by atoms with Gasteiger partial charge in [-0.15, -0.1) is 10.2 Å². The molecule has 0 radical (unpaired) electrons. The van der Waals surface area contributed by atoms with E-state index in [2.05, 4.69) is 35.8 Å². The van der Waals surface area contributed by atoms with Crippen molar-refractivity contribution in [2.45, 2.75) is 10.4 Å². The van der Waals surface area contributed by atoms with Crippen molar-refractivity contribution >= 4 is 69.2 Å². The fraction of sp³-hybridized carbons (Fsp3) is 0.160. The molecule has 202 valence electrons. The highest BCUT2D eigenvalue weighted by molar-refractivity contribution is 7.98. The number of hydrogen-bond donors (Lipinski definition) is 2. The Hall–Kier alpha value is -4.11. The average molecular weight is 595 g/mol. The lowest BCUT2D eigenvalue weighted by Gasteiger charge is -2.27. The number of aromatic nitrogens is 5. The normalized spacial score (nSPS) is 13.4. The lowest BCUT2D eigenvalue weighted by atomic mass is 10.2. The van der Waals surface area contributed by atoms with E-state index in [1.165, 1.54) is 0 Å². The summed E-state index contributed by atoms with van der Waals surface area (Å²) in [5, 5.41) is 16.0. The largest absolute Gasteiger partial charge is 0.422 e. The molecule has 0 spiro atoms. The van der Waals surface area contributed by atoms with Crippen LogP contribution in [-0.4, -0.2) is 56.6 Å². The van der Waals surface area contributed by atoms with E-state index in [0.29, 0.717) is 48.5 Å². The van der Waals surface area contributed by atoms with Crippen LogP contribution < -0.4 is 21.2 Å². The number of nitrogens with one attached hydrogen (secondary N) is 2. The van der Waals surface area contributed by atoms with Crippen molar-refractivity contribution in [2.75, 3.05) is 41.8 Å². The number of morpholine rings is 1. The first kappa shape index (κ1) is 26.1. The minimum atomic E-state index is -0.584. The van der Waals surface area contributed by atoms with Gasteiger partial charge in [0.1, 0.15) is 11.1 Å². The van der Waals surface area contributed by atoms with E-state index in [4.69, 9.17) is 37.4 Å². The summed E-state index contributed by atoms with van der Waals surface area (Å²) in [5.74, 6) is 0.658. The van der Waals surface area contributed by atoms with Crippen molar-refractivity contribution in [3.05, 3.63) is 70.0 Å². The maximum Gasteiger partial charge on any atom is 0.349 e. The second-order valence-corrected chi connectivity index (χ2v) is 10.1. The van der Waals surface area contributed by atoms with Gasteiger partial charge in [0.25, 0.3) is 11.1 Å². The number of nitrogens with zero attached hydrogens (tertiary/aromatic N) is 6. The van der Waals surface area contributed by atoms with Gasteiger partial charge in [-0.25, -0.2) is 4.79 Å². The predicted molar refractivity (Wildman–Crippen MR) is 154 cm³/mol. The third-order valence-corrected chi connectivity index (χ3v) is 6.94. The number of halogens is 1. The van der Waals surface area contributed by atoms with E-state index >= 15 is 0 Å². The molecular weight excluding hydrogens is 576 g/mol. The molecule has 0 bridgehead atoms. The number of para-hydroxylation sites is 2. The van der Waals surface area contributed by atoms with Crippen LogP contribution in [0.5, 0.6) is 0 Å². The zero-order valence-corrected chi connectivity index (χ0v) is 22.9. The van der Waals surface area contributed by atoms with Crippen LogP contribution in [0.2, 0.25) is 5.02 Å². The number of rotatable bonds is 6. The molecule has 1 aliphatic heterocycles. The highest BCUT2D eigenvalue weighted by atomic mass is 35.5. The Morgan fingerprint density at radius 2 is 1.77 bits per heavy atom. The molecule has 4 heterocycles.